The van der Waals surface area contributed by atoms with Crippen molar-refractivity contribution in [1.82, 2.24) is 0 Å². The van der Waals surface area contributed by atoms with Crippen molar-refractivity contribution >= 4 is 17.8 Å². The van der Waals surface area contributed by atoms with Crippen LogP contribution in [0.2, 0.25) is 0 Å². The molecule has 0 amide bonds. The molecular weight excluding hydrogens is 115 g/mol. The van der Waals surface area contributed by atoms with Crippen LogP contribution in [0.1, 0.15) is 6.92 Å². The molecule has 0 spiro atoms. The van der Waals surface area contributed by atoms with Crippen LogP contribution in [-0.4, -0.2) is 5.97 Å². The summed E-state index contributed by atoms with van der Waals surface area (Å²) in [7, 11) is 0. The van der Waals surface area contributed by atoms with Crippen LogP contribution in [0.4, 0.5) is 0 Å². The lowest BCUT2D eigenvalue weighted by Gasteiger charge is -1.87. The van der Waals surface area contributed by atoms with Gasteiger partial charge in [-0.1, -0.05) is 6.58 Å². The van der Waals surface area contributed by atoms with Crippen LogP contribution in [0.5, 0.6) is 0 Å². The van der Waals surface area contributed by atoms with E-state index in [0.717, 1.165) is 0 Å². The molecule has 0 saturated heterocycles. The van der Waals surface area contributed by atoms with Crippen LogP contribution < -0.4 is 0 Å². The van der Waals surface area contributed by atoms with Gasteiger partial charge in [0.15, 0.2) is 0 Å². The number of carbonyl (C=O) groups is 1. The van der Waals surface area contributed by atoms with Crippen molar-refractivity contribution in [2.24, 2.45) is 0 Å². The fourth-order valence-corrected chi connectivity index (χ4v) is 0.198. The van der Waals surface area contributed by atoms with E-state index in [1.165, 1.54) is 6.92 Å². The smallest absolute Gasteiger partial charge is 0.343 e. The molecule has 0 aliphatic rings. The zero-order chi connectivity index (χ0) is 5.86. The molecule has 40 valence electrons. The van der Waals surface area contributed by atoms with E-state index in [0.29, 0.717) is 5.57 Å². The quantitative estimate of drug-likeness (QED) is 0.487. The maximum Gasteiger partial charge on any atom is 0.351 e. The number of hydrogen-bond donors (Lipinski definition) is 0. The summed E-state index contributed by atoms with van der Waals surface area (Å²) in [4.78, 5) is 10.1. The summed E-state index contributed by atoms with van der Waals surface area (Å²) in [5.74, 6) is -0.582. The van der Waals surface area contributed by atoms with E-state index in [1.54, 1.807) is 0 Å². The van der Waals surface area contributed by atoms with Crippen molar-refractivity contribution in [1.29, 1.82) is 0 Å². The highest BCUT2D eigenvalue weighted by Crippen LogP contribution is 1.92. The minimum Gasteiger partial charge on any atom is -0.343 e. The monoisotopic (exact) mass is 120 g/mol. The minimum atomic E-state index is -0.582. The lowest BCUT2D eigenvalue weighted by Crippen LogP contribution is -1.95. The second kappa shape index (κ2) is 2.64. The normalized spacial score (nSPS) is 7.71. The summed E-state index contributed by atoms with van der Waals surface area (Å²) in [6, 6.07) is 0. The van der Waals surface area contributed by atoms with Crippen LogP contribution in [0.25, 0.3) is 0 Å². The van der Waals surface area contributed by atoms with Crippen molar-refractivity contribution in [3.05, 3.63) is 12.2 Å². The average Bonchev–Trinajstić information content (AvgIpc) is 1.65. The molecule has 0 aromatic heterocycles. The zero-order valence-electron chi connectivity index (χ0n) is 3.90. The highest BCUT2D eigenvalue weighted by molar-refractivity contribution is 6.15. The van der Waals surface area contributed by atoms with Gasteiger partial charge in [-0.2, -0.15) is 0 Å². The first-order chi connectivity index (χ1) is 3.18. The van der Waals surface area contributed by atoms with Crippen LogP contribution in [-0.2, 0) is 9.08 Å². The molecule has 0 saturated carbocycles. The molecule has 0 aromatic carbocycles. The predicted molar refractivity (Wildman–Crippen MR) is 26.8 cm³/mol. The molecule has 0 unspecified atom stereocenters. The van der Waals surface area contributed by atoms with E-state index in [1.807, 2.05) is 0 Å². The molecule has 0 radical (unpaired) electrons. The van der Waals surface area contributed by atoms with Crippen LogP contribution in [0.3, 0.4) is 0 Å². The second-order valence-corrected chi connectivity index (χ2v) is 1.30. The maximum atomic E-state index is 10.1. The van der Waals surface area contributed by atoms with Gasteiger partial charge in [0.05, 0.1) is 0 Å². The molecule has 7 heavy (non-hydrogen) atoms. The van der Waals surface area contributed by atoms with Gasteiger partial charge in [0, 0.05) is 5.57 Å². The fourth-order valence-electron chi connectivity index (χ4n) is 0.0659. The SMILES string of the molecule is C=C(C)C(=O)OCl. The summed E-state index contributed by atoms with van der Waals surface area (Å²) in [6.45, 7) is 4.79. The third-order valence-corrected chi connectivity index (χ3v) is 0.559. The topological polar surface area (TPSA) is 26.3 Å². The fraction of sp³-hybridized carbons (Fsp3) is 0.250. The molecule has 0 bridgehead atoms. The number of halogens is 1. The number of hydrogen-bond acceptors (Lipinski definition) is 2. The molecule has 0 aliphatic carbocycles. The lowest BCUT2D eigenvalue weighted by molar-refractivity contribution is -0.129. The van der Waals surface area contributed by atoms with Crippen molar-refractivity contribution in [2.45, 2.75) is 6.92 Å². The maximum absolute atomic E-state index is 10.1. The van der Waals surface area contributed by atoms with E-state index in [-0.39, 0.29) is 0 Å². The third-order valence-electron chi connectivity index (χ3n) is 0.419. The molecule has 0 heterocycles. The minimum absolute atomic E-state index is 0.301. The lowest BCUT2D eigenvalue weighted by atomic mass is 10.4. The van der Waals surface area contributed by atoms with Gasteiger partial charge in [-0.15, -0.1) is 0 Å². The van der Waals surface area contributed by atoms with Crippen molar-refractivity contribution in [2.75, 3.05) is 0 Å². The molecular formula is C4H5ClO2. The summed E-state index contributed by atoms with van der Waals surface area (Å²) in [5, 5.41) is 0. The van der Waals surface area contributed by atoms with Gasteiger partial charge >= 0.3 is 5.97 Å². The molecule has 0 N–H and O–H groups in total. The van der Waals surface area contributed by atoms with Gasteiger partial charge in [0.2, 0.25) is 0 Å². The average molecular weight is 121 g/mol. The molecule has 0 aromatic rings. The van der Waals surface area contributed by atoms with Gasteiger partial charge in [-0.25, -0.2) is 4.79 Å². The number of carbonyl (C=O) groups excluding carboxylic acids is 1. The first kappa shape index (κ1) is 6.50. The Morgan fingerprint density at radius 2 is 2.29 bits per heavy atom. The Balaban J connectivity index is 3.58. The summed E-state index contributed by atoms with van der Waals surface area (Å²) >= 11 is 4.64. The van der Waals surface area contributed by atoms with Gasteiger partial charge in [-0.3, -0.25) is 0 Å². The highest BCUT2D eigenvalue weighted by Gasteiger charge is 1.98. The highest BCUT2D eigenvalue weighted by atomic mass is 35.5. The Kier molecular flexibility index (Phi) is 2.45. The Morgan fingerprint density at radius 3 is 2.29 bits per heavy atom. The standard InChI is InChI=1S/C4H5ClO2/c1-3(2)4(6)7-5/h1H2,2H3. The molecule has 3 heteroatoms. The molecule has 0 atom stereocenters. The van der Waals surface area contributed by atoms with E-state index < -0.39 is 5.97 Å². The predicted octanol–water partition coefficient (Wildman–Crippen LogP) is 1.26. The third kappa shape index (κ3) is 2.23. The summed E-state index contributed by atoms with van der Waals surface area (Å²) in [6.07, 6.45) is 0. The molecule has 0 aliphatic heterocycles. The summed E-state index contributed by atoms with van der Waals surface area (Å²) in [5.41, 5.74) is 0.301. The first-order valence-electron chi connectivity index (χ1n) is 1.67. The second-order valence-electron chi connectivity index (χ2n) is 1.14. The molecule has 0 rings (SSSR count). The zero-order valence-corrected chi connectivity index (χ0v) is 4.66. The summed E-state index contributed by atoms with van der Waals surface area (Å²) < 4.78 is 3.75. The van der Waals surface area contributed by atoms with Gasteiger partial charge in [-0.05, 0) is 6.92 Å². The Bertz CT molecular complexity index is 97.9. The van der Waals surface area contributed by atoms with Crippen molar-refractivity contribution < 1.29 is 9.08 Å². The van der Waals surface area contributed by atoms with Crippen LogP contribution >= 0.6 is 11.9 Å². The van der Waals surface area contributed by atoms with Gasteiger partial charge in [0.25, 0.3) is 0 Å². The Labute approximate surface area is 46.9 Å². The van der Waals surface area contributed by atoms with Crippen LogP contribution in [0, 0.1) is 0 Å². The van der Waals surface area contributed by atoms with Crippen molar-refractivity contribution in [3.63, 3.8) is 0 Å². The first-order valence-corrected chi connectivity index (χ1v) is 1.97. The largest absolute Gasteiger partial charge is 0.351 e. The molecule has 2 nitrogen and oxygen atoms in total. The molecule has 0 fully saturated rings. The van der Waals surface area contributed by atoms with E-state index >= 15 is 0 Å². The van der Waals surface area contributed by atoms with Crippen LogP contribution in [0.15, 0.2) is 12.2 Å². The Morgan fingerprint density at radius 1 is 1.86 bits per heavy atom. The van der Waals surface area contributed by atoms with E-state index in [9.17, 15) is 4.79 Å². The number of rotatable bonds is 1. The van der Waals surface area contributed by atoms with E-state index in [2.05, 4.69) is 22.7 Å². The Hall–Kier alpha value is -0.500. The van der Waals surface area contributed by atoms with Gasteiger partial charge in [0.1, 0.15) is 11.9 Å². The van der Waals surface area contributed by atoms with Gasteiger partial charge < -0.3 is 4.29 Å². The van der Waals surface area contributed by atoms with E-state index in [4.69, 9.17) is 0 Å². The van der Waals surface area contributed by atoms with Crippen molar-refractivity contribution in [3.8, 4) is 0 Å².